The molecule has 2 aromatic carbocycles. The first-order valence-corrected chi connectivity index (χ1v) is 8.21. The third-order valence-electron chi connectivity index (χ3n) is 4.16. The molecule has 0 aliphatic heterocycles. The number of hydrogen-bond donors (Lipinski definition) is 1. The number of carbonyl (C=O) groups excluding carboxylic acids is 2. The predicted molar refractivity (Wildman–Crippen MR) is 95.4 cm³/mol. The van der Waals surface area contributed by atoms with Crippen LogP contribution < -0.4 is 5.32 Å². The molecule has 0 saturated heterocycles. The zero-order valence-corrected chi connectivity index (χ0v) is 14.8. The zero-order valence-electron chi connectivity index (χ0n) is 14.8. The molecule has 0 aliphatic rings. The topological polar surface area (TPSA) is 49.4 Å². The van der Waals surface area contributed by atoms with E-state index in [1.165, 1.54) is 17.0 Å². The lowest BCUT2D eigenvalue weighted by atomic mass is 10.1. The van der Waals surface area contributed by atoms with Gasteiger partial charge in [-0.05, 0) is 37.1 Å². The quantitative estimate of drug-likeness (QED) is 0.878. The Morgan fingerprint density at radius 1 is 1.04 bits per heavy atom. The van der Waals surface area contributed by atoms with E-state index in [1.54, 1.807) is 26.1 Å². The van der Waals surface area contributed by atoms with E-state index in [4.69, 9.17) is 0 Å². The Labute approximate surface area is 147 Å². The molecule has 0 heterocycles. The summed E-state index contributed by atoms with van der Waals surface area (Å²) in [5.41, 5.74) is 2.79. The summed E-state index contributed by atoms with van der Waals surface area (Å²) < 4.78 is 13.1. The molecular formula is C20H23FN2O2. The summed E-state index contributed by atoms with van der Waals surface area (Å²) in [7, 11) is 1.54. The van der Waals surface area contributed by atoms with Gasteiger partial charge >= 0.3 is 0 Å². The Hall–Kier alpha value is -2.69. The highest BCUT2D eigenvalue weighted by atomic mass is 19.1. The Morgan fingerprint density at radius 2 is 1.60 bits per heavy atom. The van der Waals surface area contributed by atoms with Gasteiger partial charge in [0.25, 0.3) is 0 Å². The van der Waals surface area contributed by atoms with Crippen LogP contribution in [0.4, 0.5) is 4.39 Å². The van der Waals surface area contributed by atoms with Gasteiger partial charge in [0, 0.05) is 13.6 Å². The number of hydrogen-bond acceptors (Lipinski definition) is 2. The fourth-order valence-electron chi connectivity index (χ4n) is 2.56. The van der Waals surface area contributed by atoms with E-state index < -0.39 is 6.04 Å². The summed E-state index contributed by atoms with van der Waals surface area (Å²) in [5.74, 6) is -0.718. The van der Waals surface area contributed by atoms with Crippen LogP contribution in [0.15, 0.2) is 48.5 Å². The van der Waals surface area contributed by atoms with Crippen LogP contribution in [0.1, 0.15) is 23.6 Å². The zero-order chi connectivity index (χ0) is 18.4. The molecule has 0 aliphatic carbocycles. The summed E-state index contributed by atoms with van der Waals surface area (Å²) in [6.45, 7) is 3.93. The normalized spacial score (nSPS) is 11.7. The molecule has 0 bridgehead atoms. The molecule has 1 atom stereocenters. The molecule has 2 aromatic rings. The van der Waals surface area contributed by atoms with Crippen LogP contribution in [0.3, 0.4) is 0 Å². The van der Waals surface area contributed by atoms with Crippen molar-refractivity contribution in [3.63, 3.8) is 0 Å². The van der Waals surface area contributed by atoms with Crippen LogP contribution in [0.2, 0.25) is 0 Å². The molecule has 0 fully saturated rings. The SMILES string of the molecule is CNC(=O)[C@H](C)N(Cc1ccc(F)cc1)C(=O)Cc1ccc(C)cc1. The predicted octanol–water partition coefficient (Wildman–Crippen LogP) is 2.84. The number of carbonyl (C=O) groups is 2. The standard InChI is InChI=1S/C20H23FN2O2/c1-14-4-6-16(7-5-14)12-19(24)23(15(2)20(25)22-3)13-17-8-10-18(21)11-9-17/h4-11,15H,12-13H2,1-3H3,(H,22,25)/t15-/m0/s1. The van der Waals surface area contributed by atoms with Crippen LogP contribution in [-0.4, -0.2) is 29.8 Å². The summed E-state index contributed by atoms with van der Waals surface area (Å²) in [4.78, 5) is 26.4. The first-order chi connectivity index (χ1) is 11.9. The molecule has 1 N–H and O–H groups in total. The Kier molecular flexibility index (Phi) is 6.28. The van der Waals surface area contributed by atoms with Gasteiger partial charge in [0.05, 0.1) is 6.42 Å². The van der Waals surface area contributed by atoms with Crippen molar-refractivity contribution in [1.29, 1.82) is 0 Å². The third-order valence-corrected chi connectivity index (χ3v) is 4.16. The Morgan fingerprint density at radius 3 is 2.16 bits per heavy atom. The molecule has 5 heteroatoms. The van der Waals surface area contributed by atoms with Gasteiger partial charge in [0.15, 0.2) is 0 Å². The first kappa shape index (κ1) is 18.6. The van der Waals surface area contributed by atoms with E-state index in [0.29, 0.717) is 0 Å². The summed E-state index contributed by atoms with van der Waals surface area (Å²) in [5, 5.41) is 2.57. The van der Waals surface area contributed by atoms with Gasteiger partial charge in [-0.3, -0.25) is 9.59 Å². The lowest BCUT2D eigenvalue weighted by Crippen LogP contribution is -2.47. The summed E-state index contributed by atoms with van der Waals surface area (Å²) in [6.07, 6.45) is 0.211. The molecule has 25 heavy (non-hydrogen) atoms. The summed E-state index contributed by atoms with van der Waals surface area (Å²) in [6, 6.07) is 13.1. The highest BCUT2D eigenvalue weighted by molar-refractivity contribution is 5.88. The highest BCUT2D eigenvalue weighted by Crippen LogP contribution is 2.13. The molecular weight excluding hydrogens is 319 g/mol. The molecule has 0 radical (unpaired) electrons. The highest BCUT2D eigenvalue weighted by Gasteiger charge is 2.25. The summed E-state index contributed by atoms with van der Waals surface area (Å²) >= 11 is 0. The number of aryl methyl sites for hydroxylation is 1. The first-order valence-electron chi connectivity index (χ1n) is 8.21. The lowest BCUT2D eigenvalue weighted by Gasteiger charge is -2.28. The number of likely N-dealkylation sites (N-methyl/N-ethyl adjacent to an activating group) is 1. The molecule has 0 spiro atoms. The van der Waals surface area contributed by atoms with Crippen molar-refractivity contribution < 1.29 is 14.0 Å². The van der Waals surface area contributed by atoms with Crippen molar-refractivity contribution in [3.05, 3.63) is 71.0 Å². The van der Waals surface area contributed by atoms with Crippen molar-refractivity contribution in [2.24, 2.45) is 0 Å². The van der Waals surface area contributed by atoms with E-state index in [-0.39, 0.29) is 30.6 Å². The van der Waals surface area contributed by atoms with Crippen molar-refractivity contribution in [3.8, 4) is 0 Å². The molecule has 2 amide bonds. The minimum absolute atomic E-state index is 0.149. The number of amides is 2. The number of nitrogens with zero attached hydrogens (tertiary/aromatic N) is 1. The van der Waals surface area contributed by atoms with Crippen molar-refractivity contribution in [1.82, 2.24) is 10.2 Å². The van der Waals surface area contributed by atoms with Crippen LogP contribution in [-0.2, 0) is 22.6 Å². The molecule has 4 nitrogen and oxygen atoms in total. The Bertz CT molecular complexity index is 726. The van der Waals surface area contributed by atoms with E-state index in [9.17, 15) is 14.0 Å². The molecule has 0 saturated carbocycles. The van der Waals surface area contributed by atoms with Gasteiger partial charge in [-0.2, -0.15) is 0 Å². The number of benzene rings is 2. The second-order valence-corrected chi connectivity index (χ2v) is 6.10. The van der Waals surface area contributed by atoms with E-state index in [0.717, 1.165) is 16.7 Å². The van der Waals surface area contributed by atoms with Gasteiger partial charge in [0.2, 0.25) is 11.8 Å². The number of rotatable bonds is 6. The molecule has 0 aromatic heterocycles. The minimum atomic E-state index is -0.618. The Balaban J connectivity index is 2.20. The van der Waals surface area contributed by atoms with Crippen LogP contribution in [0.25, 0.3) is 0 Å². The minimum Gasteiger partial charge on any atom is -0.357 e. The third kappa shape index (κ3) is 5.14. The maximum Gasteiger partial charge on any atom is 0.242 e. The molecule has 132 valence electrons. The average Bonchev–Trinajstić information content (AvgIpc) is 2.61. The van der Waals surface area contributed by atoms with Gasteiger partial charge in [-0.25, -0.2) is 4.39 Å². The second kappa shape index (κ2) is 8.42. The largest absolute Gasteiger partial charge is 0.357 e. The smallest absolute Gasteiger partial charge is 0.242 e. The lowest BCUT2D eigenvalue weighted by molar-refractivity contribution is -0.139. The van der Waals surface area contributed by atoms with E-state index >= 15 is 0 Å². The van der Waals surface area contributed by atoms with Crippen LogP contribution >= 0.6 is 0 Å². The maximum absolute atomic E-state index is 13.1. The van der Waals surface area contributed by atoms with Crippen molar-refractivity contribution >= 4 is 11.8 Å². The van der Waals surface area contributed by atoms with E-state index in [2.05, 4.69) is 5.32 Å². The van der Waals surface area contributed by atoms with Gasteiger partial charge < -0.3 is 10.2 Å². The number of nitrogens with one attached hydrogen (secondary N) is 1. The van der Waals surface area contributed by atoms with Crippen LogP contribution in [0.5, 0.6) is 0 Å². The van der Waals surface area contributed by atoms with Crippen molar-refractivity contribution in [2.75, 3.05) is 7.05 Å². The monoisotopic (exact) mass is 342 g/mol. The number of halogens is 1. The fraction of sp³-hybridized carbons (Fsp3) is 0.300. The van der Waals surface area contributed by atoms with Crippen LogP contribution in [0, 0.1) is 12.7 Å². The van der Waals surface area contributed by atoms with Gasteiger partial charge in [-0.15, -0.1) is 0 Å². The average molecular weight is 342 g/mol. The second-order valence-electron chi connectivity index (χ2n) is 6.10. The van der Waals surface area contributed by atoms with E-state index in [1.807, 2.05) is 31.2 Å². The fourth-order valence-corrected chi connectivity index (χ4v) is 2.56. The van der Waals surface area contributed by atoms with Crippen molar-refractivity contribution in [2.45, 2.75) is 32.9 Å². The molecule has 2 rings (SSSR count). The maximum atomic E-state index is 13.1. The molecule has 0 unspecified atom stereocenters. The van der Waals surface area contributed by atoms with Gasteiger partial charge in [0.1, 0.15) is 11.9 Å². The van der Waals surface area contributed by atoms with Gasteiger partial charge in [-0.1, -0.05) is 42.0 Å².